The Morgan fingerprint density at radius 1 is 1.53 bits per heavy atom. The molecule has 1 N–H and O–H groups in total. The minimum absolute atomic E-state index is 0.305. The molecule has 0 saturated heterocycles. The molecular weight excluding hydrogens is 284 g/mol. The topological polar surface area (TPSA) is 46.5 Å². The molecule has 4 heteroatoms. The normalized spacial score (nSPS) is 12.2. The number of hydrogen-bond donors (Lipinski definition) is 1. The maximum atomic E-state index is 11.1. The van der Waals surface area contributed by atoms with Crippen molar-refractivity contribution >= 4 is 21.9 Å². The Bertz CT molecular complexity index is 390. The number of ether oxygens (including phenoxy) is 1. The van der Waals surface area contributed by atoms with Crippen LogP contribution in [0.25, 0.3) is 0 Å². The molecule has 94 valence electrons. The quantitative estimate of drug-likeness (QED) is 0.874. The summed E-state index contributed by atoms with van der Waals surface area (Å²) in [5, 5.41) is 9.10. The summed E-state index contributed by atoms with van der Waals surface area (Å²) in [5.41, 5.74) is 1.01. The van der Waals surface area contributed by atoms with E-state index >= 15 is 0 Å². The van der Waals surface area contributed by atoms with E-state index in [2.05, 4.69) is 15.9 Å². The minimum atomic E-state index is -0.723. The lowest BCUT2D eigenvalue weighted by Crippen LogP contribution is -2.16. The molecule has 0 amide bonds. The van der Waals surface area contributed by atoms with Gasteiger partial charge >= 0.3 is 5.97 Å². The third kappa shape index (κ3) is 4.04. The van der Waals surface area contributed by atoms with E-state index in [1.165, 1.54) is 0 Å². The van der Waals surface area contributed by atoms with Gasteiger partial charge < -0.3 is 9.84 Å². The van der Waals surface area contributed by atoms with Gasteiger partial charge in [-0.15, -0.1) is 0 Å². The van der Waals surface area contributed by atoms with Gasteiger partial charge in [-0.3, -0.25) is 4.79 Å². The molecule has 0 aromatic heterocycles. The highest BCUT2D eigenvalue weighted by molar-refractivity contribution is 9.10. The summed E-state index contributed by atoms with van der Waals surface area (Å²) < 4.78 is 6.00. The Hall–Kier alpha value is -1.03. The third-order valence-corrected chi connectivity index (χ3v) is 3.30. The maximum Gasteiger partial charge on any atom is 0.306 e. The van der Waals surface area contributed by atoms with Crippen molar-refractivity contribution in [1.29, 1.82) is 0 Å². The van der Waals surface area contributed by atoms with Crippen molar-refractivity contribution in [2.75, 3.05) is 7.11 Å². The first-order valence-electron chi connectivity index (χ1n) is 5.63. The number of rotatable bonds is 6. The van der Waals surface area contributed by atoms with Gasteiger partial charge in [0.15, 0.2) is 0 Å². The molecular formula is C13H17BrO3. The number of hydrogen-bond acceptors (Lipinski definition) is 2. The third-order valence-electron chi connectivity index (χ3n) is 2.68. The summed E-state index contributed by atoms with van der Waals surface area (Å²) >= 11 is 3.40. The first-order chi connectivity index (χ1) is 8.08. The number of methoxy groups -OCH3 is 1. The highest BCUT2D eigenvalue weighted by Crippen LogP contribution is 2.27. The molecule has 0 fully saturated rings. The predicted molar refractivity (Wildman–Crippen MR) is 70.4 cm³/mol. The largest absolute Gasteiger partial charge is 0.496 e. The van der Waals surface area contributed by atoms with Crippen LogP contribution in [-0.2, 0) is 11.2 Å². The van der Waals surface area contributed by atoms with E-state index in [0.717, 1.165) is 22.2 Å². The van der Waals surface area contributed by atoms with Crippen LogP contribution in [0.1, 0.15) is 25.3 Å². The van der Waals surface area contributed by atoms with Crippen LogP contribution < -0.4 is 4.74 Å². The summed E-state index contributed by atoms with van der Waals surface area (Å²) in [4.78, 5) is 11.1. The van der Waals surface area contributed by atoms with Crippen molar-refractivity contribution < 1.29 is 14.6 Å². The van der Waals surface area contributed by atoms with Crippen molar-refractivity contribution in [2.24, 2.45) is 5.92 Å². The van der Waals surface area contributed by atoms with Crippen molar-refractivity contribution in [3.05, 3.63) is 28.2 Å². The van der Waals surface area contributed by atoms with E-state index in [9.17, 15) is 4.79 Å². The van der Waals surface area contributed by atoms with Crippen LogP contribution in [0.15, 0.2) is 22.7 Å². The van der Waals surface area contributed by atoms with Gasteiger partial charge in [-0.2, -0.15) is 0 Å². The van der Waals surface area contributed by atoms with Gasteiger partial charge in [-0.25, -0.2) is 0 Å². The number of carbonyl (C=O) groups is 1. The molecule has 0 radical (unpaired) electrons. The Labute approximate surface area is 110 Å². The fraction of sp³-hybridized carbons (Fsp3) is 0.462. The van der Waals surface area contributed by atoms with Crippen LogP contribution in [0.2, 0.25) is 0 Å². The zero-order chi connectivity index (χ0) is 12.8. The molecule has 0 aliphatic heterocycles. The van der Waals surface area contributed by atoms with Gasteiger partial charge in [-0.1, -0.05) is 19.4 Å². The fourth-order valence-electron chi connectivity index (χ4n) is 1.78. The molecule has 0 aliphatic carbocycles. The molecule has 1 rings (SSSR count). The Balaban J connectivity index is 2.79. The maximum absolute atomic E-state index is 11.1. The van der Waals surface area contributed by atoms with Crippen LogP contribution in [0, 0.1) is 5.92 Å². The highest BCUT2D eigenvalue weighted by atomic mass is 79.9. The molecule has 1 aromatic carbocycles. The highest BCUT2D eigenvalue weighted by Gasteiger charge is 2.17. The van der Waals surface area contributed by atoms with Crippen molar-refractivity contribution in [2.45, 2.75) is 26.2 Å². The van der Waals surface area contributed by atoms with Crippen LogP contribution >= 0.6 is 15.9 Å². The summed E-state index contributed by atoms with van der Waals surface area (Å²) in [6.07, 6.45) is 2.15. The van der Waals surface area contributed by atoms with E-state index in [-0.39, 0.29) is 5.92 Å². The van der Waals surface area contributed by atoms with Gasteiger partial charge in [0.05, 0.1) is 17.5 Å². The molecule has 0 aliphatic rings. The summed E-state index contributed by atoms with van der Waals surface area (Å²) in [5.74, 6) is -0.268. The second-order valence-electron chi connectivity index (χ2n) is 4.00. The summed E-state index contributed by atoms with van der Waals surface area (Å²) in [6, 6.07) is 5.68. The van der Waals surface area contributed by atoms with E-state index in [1.54, 1.807) is 7.11 Å². The van der Waals surface area contributed by atoms with Gasteiger partial charge in [0.1, 0.15) is 5.75 Å². The monoisotopic (exact) mass is 300 g/mol. The molecule has 0 saturated carbocycles. The molecule has 3 nitrogen and oxygen atoms in total. The Morgan fingerprint density at radius 2 is 2.24 bits per heavy atom. The Kier molecular flexibility index (Phi) is 5.48. The first-order valence-corrected chi connectivity index (χ1v) is 6.43. The molecule has 1 aromatic rings. The number of aliphatic carboxylic acids is 1. The fourth-order valence-corrected chi connectivity index (χ4v) is 2.37. The number of carboxylic acids is 1. The number of halogens is 1. The van der Waals surface area contributed by atoms with Gasteiger partial charge in [0.2, 0.25) is 0 Å². The van der Waals surface area contributed by atoms with E-state index < -0.39 is 5.97 Å². The SMILES string of the molecule is CCCC(Cc1ccc(OC)c(Br)c1)C(=O)O. The van der Waals surface area contributed by atoms with Crippen molar-refractivity contribution in [3.8, 4) is 5.75 Å². The number of carboxylic acid groups (broad SMARTS) is 1. The zero-order valence-electron chi connectivity index (χ0n) is 10.1. The van der Waals surface area contributed by atoms with Crippen molar-refractivity contribution in [3.63, 3.8) is 0 Å². The van der Waals surface area contributed by atoms with Gasteiger partial charge in [0, 0.05) is 0 Å². The predicted octanol–water partition coefficient (Wildman–Crippen LogP) is 3.50. The second-order valence-corrected chi connectivity index (χ2v) is 4.85. The minimum Gasteiger partial charge on any atom is -0.496 e. The van der Waals surface area contributed by atoms with Crippen LogP contribution in [0.4, 0.5) is 0 Å². The molecule has 0 spiro atoms. The van der Waals surface area contributed by atoms with Crippen molar-refractivity contribution in [1.82, 2.24) is 0 Å². The van der Waals surface area contributed by atoms with E-state index in [1.807, 2.05) is 25.1 Å². The lowest BCUT2D eigenvalue weighted by atomic mass is 9.95. The van der Waals surface area contributed by atoms with Crippen LogP contribution in [0.3, 0.4) is 0 Å². The molecule has 17 heavy (non-hydrogen) atoms. The average molecular weight is 301 g/mol. The van der Waals surface area contributed by atoms with Gasteiger partial charge in [-0.05, 0) is 46.5 Å². The lowest BCUT2D eigenvalue weighted by molar-refractivity contribution is -0.141. The van der Waals surface area contributed by atoms with E-state index in [4.69, 9.17) is 9.84 Å². The average Bonchev–Trinajstić information content (AvgIpc) is 2.28. The smallest absolute Gasteiger partial charge is 0.306 e. The summed E-state index contributed by atoms with van der Waals surface area (Å²) in [7, 11) is 1.61. The van der Waals surface area contributed by atoms with E-state index in [0.29, 0.717) is 12.8 Å². The Morgan fingerprint density at radius 3 is 2.71 bits per heavy atom. The van der Waals surface area contributed by atoms with Crippen LogP contribution in [0.5, 0.6) is 5.75 Å². The molecule has 0 heterocycles. The zero-order valence-corrected chi connectivity index (χ0v) is 11.7. The lowest BCUT2D eigenvalue weighted by Gasteiger charge is -2.12. The molecule has 0 bridgehead atoms. The second kappa shape index (κ2) is 6.64. The standard InChI is InChI=1S/C13H17BrO3/c1-3-4-10(13(15)16)7-9-5-6-12(17-2)11(14)8-9/h5-6,8,10H,3-4,7H2,1-2H3,(H,15,16). The molecule has 1 atom stereocenters. The molecule has 1 unspecified atom stereocenters. The number of benzene rings is 1. The van der Waals surface area contributed by atoms with Crippen LogP contribution in [-0.4, -0.2) is 18.2 Å². The summed E-state index contributed by atoms with van der Waals surface area (Å²) in [6.45, 7) is 2.00. The first kappa shape index (κ1) is 14.0. The van der Waals surface area contributed by atoms with Gasteiger partial charge in [0.25, 0.3) is 0 Å².